The van der Waals surface area contributed by atoms with Gasteiger partial charge in [-0.15, -0.1) is 0 Å². The van der Waals surface area contributed by atoms with Crippen molar-refractivity contribution < 1.29 is 9.53 Å². The molecule has 2 N–H and O–H groups in total. The zero-order valence-electron chi connectivity index (χ0n) is 11.3. The molecule has 0 aliphatic carbocycles. The second-order valence-corrected chi connectivity index (χ2v) is 4.66. The molecule has 0 radical (unpaired) electrons. The zero-order chi connectivity index (χ0) is 13.4. The van der Waals surface area contributed by atoms with Crippen LogP contribution in [-0.4, -0.2) is 25.7 Å². The van der Waals surface area contributed by atoms with Crippen molar-refractivity contribution in [2.24, 2.45) is 5.92 Å². The largest absolute Gasteiger partial charge is 0.383 e. The quantitative estimate of drug-likeness (QED) is 0.732. The molecule has 100 valence electrons. The van der Waals surface area contributed by atoms with Gasteiger partial charge in [-0.3, -0.25) is 4.79 Å². The van der Waals surface area contributed by atoms with Crippen molar-refractivity contribution in [3.8, 4) is 0 Å². The first-order valence-corrected chi connectivity index (χ1v) is 6.27. The van der Waals surface area contributed by atoms with Gasteiger partial charge in [0.2, 0.25) is 5.91 Å². The Morgan fingerprint density at radius 3 is 2.72 bits per heavy atom. The van der Waals surface area contributed by atoms with Crippen LogP contribution in [0.25, 0.3) is 0 Å². The molecular weight excluding hydrogens is 228 g/mol. The van der Waals surface area contributed by atoms with Crippen LogP contribution in [-0.2, 0) is 9.53 Å². The Labute approximate surface area is 109 Å². The predicted molar refractivity (Wildman–Crippen MR) is 74.9 cm³/mol. The highest BCUT2D eigenvalue weighted by molar-refractivity contribution is 5.89. The van der Waals surface area contributed by atoms with E-state index in [1.54, 1.807) is 0 Å². The van der Waals surface area contributed by atoms with E-state index in [0.29, 0.717) is 12.5 Å². The smallest absolute Gasteiger partial charge is 0.221 e. The number of ether oxygens (including phenoxy) is 1. The van der Waals surface area contributed by atoms with E-state index in [9.17, 15) is 4.79 Å². The molecule has 4 nitrogen and oxygen atoms in total. The lowest BCUT2D eigenvalue weighted by Gasteiger charge is -2.10. The monoisotopic (exact) mass is 250 g/mol. The van der Waals surface area contributed by atoms with Crippen molar-refractivity contribution in [1.29, 1.82) is 0 Å². The van der Waals surface area contributed by atoms with E-state index in [2.05, 4.69) is 24.5 Å². The second-order valence-electron chi connectivity index (χ2n) is 4.66. The van der Waals surface area contributed by atoms with E-state index >= 15 is 0 Å². The molecule has 1 amide bonds. The summed E-state index contributed by atoms with van der Waals surface area (Å²) in [5.74, 6) is 0.500. The van der Waals surface area contributed by atoms with Gasteiger partial charge in [-0.1, -0.05) is 19.9 Å². The average Bonchev–Trinajstić information content (AvgIpc) is 2.27. The first-order valence-electron chi connectivity index (χ1n) is 6.27. The molecule has 0 heterocycles. The zero-order valence-corrected chi connectivity index (χ0v) is 11.3. The summed E-state index contributed by atoms with van der Waals surface area (Å²) < 4.78 is 5.48. The fraction of sp³-hybridized carbons (Fsp3) is 0.500. The minimum absolute atomic E-state index is 0.0626. The Hall–Kier alpha value is -1.55. The number of rotatable bonds is 7. The number of amides is 1. The average molecular weight is 250 g/mol. The van der Waals surface area contributed by atoms with Gasteiger partial charge in [0.15, 0.2) is 0 Å². The number of carbonyl (C=O) groups excluding carboxylic acids is 1. The van der Waals surface area contributed by atoms with Gasteiger partial charge < -0.3 is 15.4 Å². The van der Waals surface area contributed by atoms with Gasteiger partial charge in [-0.05, 0) is 24.1 Å². The van der Waals surface area contributed by atoms with Crippen molar-refractivity contribution in [2.75, 3.05) is 30.4 Å². The topological polar surface area (TPSA) is 50.4 Å². The lowest BCUT2D eigenvalue weighted by atomic mass is 10.2. The highest BCUT2D eigenvalue weighted by Gasteiger charge is 1.98. The third-order valence-corrected chi connectivity index (χ3v) is 2.21. The van der Waals surface area contributed by atoms with E-state index in [1.165, 1.54) is 6.92 Å². The van der Waals surface area contributed by atoms with Crippen LogP contribution in [0.5, 0.6) is 0 Å². The van der Waals surface area contributed by atoms with Gasteiger partial charge in [0, 0.05) is 31.5 Å². The minimum atomic E-state index is -0.0626. The maximum absolute atomic E-state index is 10.9. The number of anilines is 2. The third-order valence-electron chi connectivity index (χ3n) is 2.21. The minimum Gasteiger partial charge on any atom is -0.383 e. The molecule has 0 aliphatic rings. The Kier molecular flexibility index (Phi) is 6.22. The van der Waals surface area contributed by atoms with Crippen LogP contribution in [0.2, 0.25) is 0 Å². The van der Waals surface area contributed by atoms with Crippen LogP contribution in [0.4, 0.5) is 11.4 Å². The molecule has 1 aromatic carbocycles. The number of nitrogens with one attached hydrogen (secondary N) is 2. The van der Waals surface area contributed by atoms with E-state index in [4.69, 9.17) is 4.74 Å². The normalized spacial score (nSPS) is 10.4. The first kappa shape index (κ1) is 14.5. The number of hydrogen-bond donors (Lipinski definition) is 2. The van der Waals surface area contributed by atoms with Gasteiger partial charge in [-0.25, -0.2) is 0 Å². The van der Waals surface area contributed by atoms with Crippen molar-refractivity contribution in [3.05, 3.63) is 24.3 Å². The van der Waals surface area contributed by atoms with Crippen molar-refractivity contribution in [2.45, 2.75) is 20.8 Å². The summed E-state index contributed by atoms with van der Waals surface area (Å²) in [7, 11) is 0. The summed E-state index contributed by atoms with van der Waals surface area (Å²) in [5.41, 5.74) is 1.78. The molecule has 1 rings (SSSR count). The Morgan fingerprint density at radius 2 is 2.06 bits per heavy atom. The molecule has 0 saturated heterocycles. The molecule has 0 fully saturated rings. The SMILES string of the molecule is CC(=O)Nc1cccc(NCCOCC(C)C)c1. The van der Waals surface area contributed by atoms with Gasteiger partial charge in [0.1, 0.15) is 0 Å². The Bertz CT molecular complexity index is 378. The lowest BCUT2D eigenvalue weighted by molar-refractivity contribution is -0.114. The molecule has 0 bridgehead atoms. The highest BCUT2D eigenvalue weighted by atomic mass is 16.5. The summed E-state index contributed by atoms with van der Waals surface area (Å²) >= 11 is 0. The molecule has 1 aromatic rings. The maximum atomic E-state index is 10.9. The molecule has 0 aromatic heterocycles. The van der Waals surface area contributed by atoms with Crippen molar-refractivity contribution in [3.63, 3.8) is 0 Å². The van der Waals surface area contributed by atoms with E-state index in [0.717, 1.165) is 24.5 Å². The number of benzene rings is 1. The maximum Gasteiger partial charge on any atom is 0.221 e. The third kappa shape index (κ3) is 6.25. The summed E-state index contributed by atoms with van der Waals surface area (Å²) in [6, 6.07) is 7.64. The van der Waals surface area contributed by atoms with E-state index in [1.807, 2.05) is 24.3 Å². The van der Waals surface area contributed by atoms with Crippen LogP contribution in [0.1, 0.15) is 20.8 Å². The van der Waals surface area contributed by atoms with Crippen molar-refractivity contribution >= 4 is 17.3 Å². The van der Waals surface area contributed by atoms with Gasteiger partial charge in [-0.2, -0.15) is 0 Å². The fourth-order valence-electron chi connectivity index (χ4n) is 1.50. The molecule has 0 aliphatic heterocycles. The van der Waals surface area contributed by atoms with Crippen LogP contribution in [0.3, 0.4) is 0 Å². The van der Waals surface area contributed by atoms with Gasteiger partial charge in [0.25, 0.3) is 0 Å². The van der Waals surface area contributed by atoms with Gasteiger partial charge in [0.05, 0.1) is 6.61 Å². The first-order chi connectivity index (χ1) is 8.58. The summed E-state index contributed by atoms with van der Waals surface area (Å²) in [4.78, 5) is 10.9. The molecule has 18 heavy (non-hydrogen) atoms. The molecule has 4 heteroatoms. The summed E-state index contributed by atoms with van der Waals surface area (Å²) in [6.07, 6.45) is 0. The Balaban J connectivity index is 2.31. The molecule has 0 unspecified atom stereocenters. The second kappa shape index (κ2) is 7.71. The van der Waals surface area contributed by atoms with Crippen LogP contribution in [0.15, 0.2) is 24.3 Å². The van der Waals surface area contributed by atoms with Crippen LogP contribution >= 0.6 is 0 Å². The predicted octanol–water partition coefficient (Wildman–Crippen LogP) is 2.73. The van der Waals surface area contributed by atoms with Gasteiger partial charge >= 0.3 is 0 Å². The standard InChI is InChI=1S/C14H22N2O2/c1-11(2)10-18-8-7-15-13-5-4-6-14(9-13)16-12(3)17/h4-6,9,11,15H,7-8,10H2,1-3H3,(H,16,17). The van der Waals surface area contributed by atoms with Crippen LogP contribution in [0, 0.1) is 5.92 Å². The summed E-state index contributed by atoms with van der Waals surface area (Å²) in [6.45, 7) is 7.99. The lowest BCUT2D eigenvalue weighted by Crippen LogP contribution is -2.12. The van der Waals surface area contributed by atoms with E-state index < -0.39 is 0 Å². The van der Waals surface area contributed by atoms with Crippen LogP contribution < -0.4 is 10.6 Å². The number of hydrogen-bond acceptors (Lipinski definition) is 3. The highest BCUT2D eigenvalue weighted by Crippen LogP contribution is 2.14. The molecule has 0 atom stereocenters. The summed E-state index contributed by atoms with van der Waals surface area (Å²) in [5, 5.41) is 6.01. The van der Waals surface area contributed by atoms with E-state index in [-0.39, 0.29) is 5.91 Å². The fourth-order valence-corrected chi connectivity index (χ4v) is 1.50. The molecule has 0 saturated carbocycles. The van der Waals surface area contributed by atoms with Crippen molar-refractivity contribution in [1.82, 2.24) is 0 Å². The molecule has 0 spiro atoms. The molecular formula is C14H22N2O2. The Morgan fingerprint density at radius 1 is 1.33 bits per heavy atom. The number of carbonyl (C=O) groups is 1.